The van der Waals surface area contributed by atoms with Gasteiger partial charge < -0.3 is 4.90 Å². The van der Waals surface area contributed by atoms with Crippen molar-refractivity contribution in [1.29, 1.82) is 0 Å². The van der Waals surface area contributed by atoms with Gasteiger partial charge in [-0.05, 0) is 12.0 Å². The normalized spacial score (nSPS) is 19.3. The maximum atomic E-state index is 12.4. The van der Waals surface area contributed by atoms with Gasteiger partial charge in [0.25, 0.3) is 0 Å². The molecule has 5 heteroatoms. The monoisotopic (exact) mass is 333 g/mol. The van der Waals surface area contributed by atoms with Crippen LogP contribution in [0, 0.1) is 5.92 Å². The van der Waals surface area contributed by atoms with E-state index < -0.39 is 9.84 Å². The molecule has 0 unspecified atom stereocenters. The van der Waals surface area contributed by atoms with Crippen molar-refractivity contribution in [2.75, 3.05) is 18.8 Å². The van der Waals surface area contributed by atoms with Crippen LogP contribution < -0.4 is 0 Å². The molecule has 0 bridgehead atoms. The van der Waals surface area contributed by atoms with Crippen molar-refractivity contribution in [3.63, 3.8) is 0 Å². The molecule has 0 spiro atoms. The molecule has 1 atom stereocenters. The zero-order chi connectivity index (χ0) is 16.7. The highest BCUT2D eigenvalue weighted by Gasteiger charge is 2.25. The lowest BCUT2D eigenvalue weighted by atomic mass is 10.1. The zero-order valence-electron chi connectivity index (χ0n) is 13.4. The Hall–Kier alpha value is -1.88. The van der Waals surface area contributed by atoms with Crippen LogP contribution in [-0.2, 0) is 14.6 Å². The number of carbonyl (C=O) groups is 1. The van der Waals surface area contributed by atoms with Crippen molar-refractivity contribution in [3.8, 4) is 0 Å². The smallest absolute Gasteiger partial charge is 0.223 e. The van der Waals surface area contributed by atoms with Crippen LogP contribution in [0.3, 0.4) is 0 Å². The van der Waals surface area contributed by atoms with Crippen molar-refractivity contribution in [1.82, 2.24) is 4.90 Å². The summed E-state index contributed by atoms with van der Waals surface area (Å²) in [6, 6.07) is 9.93. The van der Waals surface area contributed by atoms with E-state index in [4.69, 9.17) is 0 Å². The fourth-order valence-corrected chi connectivity index (χ4v) is 3.99. The summed E-state index contributed by atoms with van der Waals surface area (Å²) in [6.45, 7) is 3.26. The van der Waals surface area contributed by atoms with Gasteiger partial charge in [0.1, 0.15) is 0 Å². The fraction of sp³-hybridized carbons (Fsp3) is 0.389. The van der Waals surface area contributed by atoms with Gasteiger partial charge in [-0.3, -0.25) is 4.79 Å². The maximum absolute atomic E-state index is 12.4. The van der Waals surface area contributed by atoms with E-state index in [2.05, 4.69) is 0 Å². The van der Waals surface area contributed by atoms with E-state index >= 15 is 0 Å². The van der Waals surface area contributed by atoms with Crippen LogP contribution in [0.15, 0.2) is 47.9 Å². The summed E-state index contributed by atoms with van der Waals surface area (Å²) in [5.74, 6) is -0.125. The van der Waals surface area contributed by atoms with Crippen LogP contribution in [0.25, 0.3) is 6.08 Å². The van der Waals surface area contributed by atoms with Crippen molar-refractivity contribution < 1.29 is 13.2 Å². The molecule has 1 aromatic rings. The Kier molecular flexibility index (Phi) is 6.16. The van der Waals surface area contributed by atoms with Crippen LogP contribution in [0.5, 0.6) is 0 Å². The first-order chi connectivity index (χ1) is 11.0. The summed E-state index contributed by atoms with van der Waals surface area (Å²) in [4.78, 5) is 14.2. The first-order valence-electron chi connectivity index (χ1n) is 7.90. The van der Waals surface area contributed by atoms with Crippen LogP contribution in [0.1, 0.15) is 25.3 Å². The van der Waals surface area contributed by atoms with E-state index in [1.165, 1.54) is 5.41 Å². The van der Waals surface area contributed by atoms with Crippen molar-refractivity contribution in [2.45, 2.75) is 19.8 Å². The zero-order valence-corrected chi connectivity index (χ0v) is 14.2. The minimum Gasteiger partial charge on any atom is -0.339 e. The highest BCUT2D eigenvalue weighted by molar-refractivity contribution is 7.94. The number of carbonyl (C=O) groups excluding carboxylic acids is 1. The minimum absolute atomic E-state index is 0.0105. The molecule has 0 saturated carbocycles. The van der Waals surface area contributed by atoms with Crippen molar-refractivity contribution >= 4 is 21.8 Å². The molecule has 1 aromatic carbocycles. The van der Waals surface area contributed by atoms with Gasteiger partial charge in [-0.1, -0.05) is 55.5 Å². The maximum Gasteiger partial charge on any atom is 0.223 e. The average Bonchev–Trinajstić information content (AvgIpc) is 2.86. The van der Waals surface area contributed by atoms with E-state index in [1.807, 2.05) is 49.4 Å². The number of hydrogen-bond donors (Lipinski definition) is 0. The third-order valence-electron chi connectivity index (χ3n) is 3.72. The molecule has 0 N–H and O–H groups in total. The molecule has 23 heavy (non-hydrogen) atoms. The largest absolute Gasteiger partial charge is 0.339 e. The van der Waals surface area contributed by atoms with Gasteiger partial charge in [-0.15, -0.1) is 0 Å². The number of benzene rings is 1. The van der Waals surface area contributed by atoms with Crippen molar-refractivity contribution in [2.24, 2.45) is 5.92 Å². The van der Waals surface area contributed by atoms with E-state index in [9.17, 15) is 13.2 Å². The van der Waals surface area contributed by atoms with E-state index in [1.54, 1.807) is 11.0 Å². The fourth-order valence-electron chi connectivity index (χ4n) is 2.59. The van der Waals surface area contributed by atoms with Crippen LogP contribution >= 0.6 is 0 Å². The standard InChI is InChI=1S/C18H23NO3S/c1-2-11-19(12-6-9-16-7-4-3-5-8-16)18(20)14-17-10-13-23(21,22)15-17/h3-10,13,17H,2,11-12,14-15H2,1H3/b9-6+/t17-/m0/s1. The molecule has 124 valence electrons. The van der Waals surface area contributed by atoms with Crippen LogP contribution in [0.4, 0.5) is 0 Å². The molecule has 0 aromatic heterocycles. The highest BCUT2D eigenvalue weighted by Crippen LogP contribution is 2.19. The number of sulfone groups is 1. The third kappa shape index (κ3) is 5.67. The second kappa shape index (κ2) is 8.11. The number of hydrogen-bond acceptors (Lipinski definition) is 3. The number of nitrogens with zero attached hydrogens (tertiary/aromatic N) is 1. The molecule has 0 saturated heterocycles. The van der Waals surface area contributed by atoms with E-state index in [0.29, 0.717) is 13.1 Å². The quantitative estimate of drug-likeness (QED) is 0.771. The summed E-state index contributed by atoms with van der Waals surface area (Å²) in [7, 11) is -3.10. The summed E-state index contributed by atoms with van der Waals surface area (Å²) < 4.78 is 22.8. The van der Waals surface area contributed by atoms with Crippen molar-refractivity contribution in [3.05, 3.63) is 53.5 Å². The number of rotatable bonds is 7. The van der Waals surface area contributed by atoms with Gasteiger partial charge >= 0.3 is 0 Å². The van der Waals surface area contributed by atoms with Gasteiger partial charge in [-0.2, -0.15) is 0 Å². The lowest BCUT2D eigenvalue weighted by Gasteiger charge is -2.21. The molecule has 1 aliphatic heterocycles. The second-order valence-electron chi connectivity index (χ2n) is 5.78. The summed E-state index contributed by atoms with van der Waals surface area (Å²) in [5.41, 5.74) is 1.10. The van der Waals surface area contributed by atoms with E-state index in [0.717, 1.165) is 12.0 Å². The molecular formula is C18H23NO3S. The third-order valence-corrected chi connectivity index (χ3v) is 5.19. The minimum atomic E-state index is -3.10. The Bertz CT molecular complexity index is 677. The molecular weight excluding hydrogens is 310 g/mol. The highest BCUT2D eigenvalue weighted by atomic mass is 32.2. The number of allylic oxidation sites excluding steroid dienone is 1. The molecule has 0 radical (unpaired) electrons. The Morgan fingerprint density at radius 3 is 2.65 bits per heavy atom. The summed E-state index contributed by atoms with van der Waals surface area (Å²) in [6.07, 6.45) is 6.75. The number of amides is 1. The first kappa shape index (κ1) is 17.5. The predicted octanol–water partition coefficient (Wildman–Crippen LogP) is 2.89. The molecule has 2 rings (SSSR count). The topological polar surface area (TPSA) is 54.5 Å². The van der Waals surface area contributed by atoms with Gasteiger partial charge in [0.15, 0.2) is 9.84 Å². The Morgan fingerprint density at radius 1 is 1.30 bits per heavy atom. The SMILES string of the molecule is CCCN(C/C=C/c1ccccc1)C(=O)C[C@@H]1C=CS(=O)(=O)C1. The van der Waals surface area contributed by atoms with E-state index in [-0.39, 0.29) is 24.0 Å². The molecule has 1 aliphatic rings. The van der Waals surface area contributed by atoms with Gasteiger partial charge in [-0.25, -0.2) is 8.42 Å². The van der Waals surface area contributed by atoms with Gasteiger partial charge in [0.2, 0.25) is 5.91 Å². The first-order valence-corrected chi connectivity index (χ1v) is 9.62. The second-order valence-corrected chi connectivity index (χ2v) is 7.71. The predicted molar refractivity (Wildman–Crippen MR) is 93.4 cm³/mol. The Morgan fingerprint density at radius 2 is 2.04 bits per heavy atom. The lowest BCUT2D eigenvalue weighted by Crippen LogP contribution is -2.33. The van der Waals surface area contributed by atoms with Crippen LogP contribution in [-0.4, -0.2) is 38.1 Å². The summed E-state index contributed by atoms with van der Waals surface area (Å²) in [5, 5.41) is 1.23. The molecule has 1 amide bonds. The van der Waals surface area contributed by atoms with Gasteiger partial charge in [0, 0.05) is 30.8 Å². The van der Waals surface area contributed by atoms with Crippen LogP contribution in [0.2, 0.25) is 0 Å². The molecule has 4 nitrogen and oxygen atoms in total. The Labute approximate surface area is 138 Å². The summed E-state index contributed by atoms with van der Waals surface area (Å²) >= 11 is 0. The molecule has 0 aliphatic carbocycles. The lowest BCUT2D eigenvalue weighted by molar-refractivity contribution is -0.131. The molecule has 1 heterocycles. The molecule has 0 fully saturated rings. The van der Waals surface area contributed by atoms with Gasteiger partial charge in [0.05, 0.1) is 5.75 Å². The Balaban J connectivity index is 1.91. The average molecular weight is 333 g/mol.